The van der Waals surface area contributed by atoms with Crippen LogP contribution in [-0.4, -0.2) is 29.8 Å². The molecule has 5 nitrogen and oxygen atoms in total. The van der Waals surface area contributed by atoms with Crippen molar-refractivity contribution >= 4 is 5.95 Å². The Kier molecular flexibility index (Phi) is 3.24. The molecule has 2 heterocycles. The number of hydrogen-bond acceptors (Lipinski definition) is 5. The lowest BCUT2D eigenvalue weighted by atomic mass is 9.86. The van der Waals surface area contributed by atoms with E-state index < -0.39 is 0 Å². The van der Waals surface area contributed by atoms with Crippen molar-refractivity contribution < 1.29 is 4.52 Å². The van der Waals surface area contributed by atoms with Crippen LogP contribution in [0.2, 0.25) is 0 Å². The summed E-state index contributed by atoms with van der Waals surface area (Å²) in [5.74, 6) is 1.53. The maximum atomic E-state index is 5.95. The quantitative estimate of drug-likeness (QED) is 0.886. The van der Waals surface area contributed by atoms with E-state index in [9.17, 15) is 0 Å². The molecule has 1 saturated heterocycles. The van der Waals surface area contributed by atoms with Gasteiger partial charge in [0.15, 0.2) is 0 Å². The number of anilines is 1. The van der Waals surface area contributed by atoms with Crippen molar-refractivity contribution in [2.24, 2.45) is 5.73 Å². The minimum atomic E-state index is -0.0406. The summed E-state index contributed by atoms with van der Waals surface area (Å²) < 4.78 is 5.51. The van der Waals surface area contributed by atoms with Crippen LogP contribution in [0, 0.1) is 0 Å². The van der Waals surface area contributed by atoms with Gasteiger partial charge in [-0.15, -0.1) is 0 Å². The van der Waals surface area contributed by atoms with Crippen LogP contribution in [0.1, 0.15) is 50.8 Å². The molecule has 1 aliphatic carbocycles. The van der Waals surface area contributed by atoms with Crippen LogP contribution < -0.4 is 10.6 Å². The van der Waals surface area contributed by atoms with Gasteiger partial charge in [-0.25, -0.2) is 0 Å². The number of rotatable bonds is 3. The molecule has 5 heteroatoms. The van der Waals surface area contributed by atoms with Crippen LogP contribution in [0.5, 0.6) is 0 Å². The summed E-state index contributed by atoms with van der Waals surface area (Å²) in [7, 11) is 0. The Balaban J connectivity index is 1.79. The molecule has 0 unspecified atom stereocenters. The smallest absolute Gasteiger partial charge is 0.266 e. The van der Waals surface area contributed by atoms with Crippen molar-refractivity contribution in [3.05, 3.63) is 5.89 Å². The van der Waals surface area contributed by atoms with Gasteiger partial charge in [0.05, 0.1) is 5.41 Å². The molecule has 18 heavy (non-hydrogen) atoms. The molecule has 3 rings (SSSR count). The normalized spacial score (nSPS) is 23.5. The monoisotopic (exact) mass is 250 g/mol. The number of hydrogen-bond donors (Lipinski definition) is 1. The molecule has 1 aromatic rings. The van der Waals surface area contributed by atoms with Gasteiger partial charge in [-0.05, 0) is 37.3 Å². The van der Waals surface area contributed by atoms with E-state index in [-0.39, 0.29) is 5.41 Å². The molecule has 2 N–H and O–H groups in total. The zero-order chi connectivity index (χ0) is 12.4. The first-order chi connectivity index (χ1) is 8.84. The lowest BCUT2D eigenvalue weighted by Crippen LogP contribution is -2.33. The second-order valence-corrected chi connectivity index (χ2v) is 5.64. The largest absolute Gasteiger partial charge is 0.338 e. The van der Waals surface area contributed by atoms with Gasteiger partial charge in [-0.2, -0.15) is 4.98 Å². The van der Waals surface area contributed by atoms with Gasteiger partial charge in [0.25, 0.3) is 5.95 Å². The zero-order valence-corrected chi connectivity index (χ0v) is 10.9. The van der Waals surface area contributed by atoms with Crippen molar-refractivity contribution in [2.75, 3.05) is 24.5 Å². The van der Waals surface area contributed by atoms with Crippen molar-refractivity contribution in [2.45, 2.75) is 50.4 Å². The third-order valence-electron chi connectivity index (χ3n) is 4.46. The van der Waals surface area contributed by atoms with E-state index in [1.807, 2.05) is 0 Å². The van der Waals surface area contributed by atoms with Crippen LogP contribution in [0.25, 0.3) is 0 Å². The molecule has 0 amide bonds. The van der Waals surface area contributed by atoms with Crippen LogP contribution >= 0.6 is 0 Å². The Bertz CT molecular complexity index is 391. The Morgan fingerprint density at radius 1 is 1.11 bits per heavy atom. The Morgan fingerprint density at radius 3 is 2.50 bits per heavy atom. The van der Waals surface area contributed by atoms with E-state index in [1.54, 1.807) is 0 Å². The van der Waals surface area contributed by atoms with Crippen molar-refractivity contribution in [3.8, 4) is 0 Å². The third-order valence-corrected chi connectivity index (χ3v) is 4.46. The van der Waals surface area contributed by atoms with E-state index in [0.29, 0.717) is 6.54 Å². The molecule has 100 valence electrons. The molecule has 2 fully saturated rings. The highest BCUT2D eigenvalue weighted by molar-refractivity contribution is 5.29. The summed E-state index contributed by atoms with van der Waals surface area (Å²) in [6, 6.07) is 0. The second kappa shape index (κ2) is 4.88. The van der Waals surface area contributed by atoms with E-state index in [1.165, 1.54) is 32.1 Å². The number of nitrogens with two attached hydrogens (primary N) is 1. The lowest BCUT2D eigenvalue weighted by molar-refractivity contribution is 0.284. The van der Waals surface area contributed by atoms with Crippen LogP contribution in [0.3, 0.4) is 0 Å². The zero-order valence-electron chi connectivity index (χ0n) is 10.9. The summed E-state index contributed by atoms with van der Waals surface area (Å²) in [6.07, 6.45) is 8.39. The first kappa shape index (κ1) is 12.0. The summed E-state index contributed by atoms with van der Waals surface area (Å²) in [6.45, 7) is 2.72. The fraction of sp³-hybridized carbons (Fsp3) is 0.846. The first-order valence-electron chi connectivity index (χ1n) is 7.13. The number of aromatic nitrogens is 2. The van der Waals surface area contributed by atoms with Gasteiger partial charge >= 0.3 is 0 Å². The lowest BCUT2D eigenvalue weighted by Gasteiger charge is -2.25. The molecule has 1 saturated carbocycles. The van der Waals surface area contributed by atoms with Crippen LogP contribution in [-0.2, 0) is 5.41 Å². The van der Waals surface area contributed by atoms with Crippen molar-refractivity contribution in [3.63, 3.8) is 0 Å². The van der Waals surface area contributed by atoms with Crippen LogP contribution in [0.15, 0.2) is 4.52 Å². The maximum Gasteiger partial charge on any atom is 0.266 e. The minimum Gasteiger partial charge on any atom is -0.338 e. The fourth-order valence-electron chi connectivity index (χ4n) is 3.21. The average Bonchev–Trinajstić information content (AvgIpc) is 3.09. The average molecular weight is 250 g/mol. The van der Waals surface area contributed by atoms with Gasteiger partial charge < -0.3 is 15.2 Å². The Morgan fingerprint density at radius 2 is 1.83 bits per heavy atom. The fourth-order valence-corrected chi connectivity index (χ4v) is 3.21. The summed E-state index contributed by atoms with van der Waals surface area (Å²) in [5, 5.41) is 4.16. The second-order valence-electron chi connectivity index (χ2n) is 5.64. The minimum absolute atomic E-state index is 0.0406. The molecular weight excluding hydrogens is 228 g/mol. The van der Waals surface area contributed by atoms with E-state index in [2.05, 4.69) is 15.0 Å². The third kappa shape index (κ3) is 2.00. The van der Waals surface area contributed by atoms with E-state index in [0.717, 1.165) is 37.8 Å². The number of piperidine rings is 1. The highest BCUT2D eigenvalue weighted by Crippen LogP contribution is 2.39. The standard InChI is InChI=1S/C13H22N4O/c14-10-13(6-2-3-7-13)11-15-12(16-18-11)17-8-4-1-5-9-17/h1-10,14H2. The summed E-state index contributed by atoms with van der Waals surface area (Å²) in [5.41, 5.74) is 5.91. The predicted molar refractivity (Wildman–Crippen MR) is 69.6 cm³/mol. The van der Waals surface area contributed by atoms with Gasteiger partial charge in [-0.3, -0.25) is 0 Å². The SMILES string of the molecule is NCC1(c2nc(N3CCCCC3)no2)CCCC1. The molecule has 0 aromatic carbocycles. The van der Waals surface area contributed by atoms with Gasteiger partial charge in [0.2, 0.25) is 5.89 Å². The Labute approximate surface area is 108 Å². The molecule has 0 atom stereocenters. The molecule has 0 spiro atoms. The van der Waals surface area contributed by atoms with Gasteiger partial charge in [-0.1, -0.05) is 12.8 Å². The molecule has 0 bridgehead atoms. The summed E-state index contributed by atoms with van der Waals surface area (Å²) in [4.78, 5) is 6.86. The predicted octanol–water partition coefficient (Wildman–Crippen LogP) is 1.83. The van der Waals surface area contributed by atoms with Gasteiger partial charge in [0.1, 0.15) is 0 Å². The summed E-state index contributed by atoms with van der Waals surface area (Å²) >= 11 is 0. The van der Waals surface area contributed by atoms with Crippen molar-refractivity contribution in [1.82, 2.24) is 10.1 Å². The molecular formula is C13H22N4O. The molecule has 1 aromatic heterocycles. The van der Waals surface area contributed by atoms with Crippen LogP contribution in [0.4, 0.5) is 5.95 Å². The van der Waals surface area contributed by atoms with Gasteiger partial charge in [0, 0.05) is 19.6 Å². The Hall–Kier alpha value is -1.10. The van der Waals surface area contributed by atoms with E-state index in [4.69, 9.17) is 10.3 Å². The maximum absolute atomic E-state index is 5.95. The molecule has 2 aliphatic rings. The first-order valence-corrected chi connectivity index (χ1v) is 7.13. The molecule has 0 radical (unpaired) electrons. The van der Waals surface area contributed by atoms with E-state index >= 15 is 0 Å². The molecule has 1 aliphatic heterocycles. The topological polar surface area (TPSA) is 68.2 Å². The van der Waals surface area contributed by atoms with Crippen molar-refractivity contribution in [1.29, 1.82) is 0 Å². The number of nitrogens with zero attached hydrogens (tertiary/aromatic N) is 3. The highest BCUT2D eigenvalue weighted by atomic mass is 16.5. The highest BCUT2D eigenvalue weighted by Gasteiger charge is 2.40.